The van der Waals surface area contributed by atoms with Gasteiger partial charge in [-0.1, -0.05) is 17.7 Å². The number of nitrogens with one attached hydrogen (secondary N) is 1. The topological polar surface area (TPSA) is 79.8 Å². The molecule has 0 radical (unpaired) electrons. The van der Waals surface area contributed by atoms with Gasteiger partial charge < -0.3 is 19.8 Å². The highest BCUT2D eigenvalue weighted by molar-refractivity contribution is 6.31. The molecule has 0 saturated carbocycles. The van der Waals surface area contributed by atoms with E-state index in [0.717, 1.165) is 25.2 Å². The Hall–Kier alpha value is -2.65. The number of halogens is 2. The molecule has 0 spiro atoms. The van der Waals surface area contributed by atoms with Crippen LogP contribution in [0.3, 0.4) is 0 Å². The normalized spacial score (nSPS) is 15.3. The van der Waals surface area contributed by atoms with E-state index < -0.39 is 17.6 Å². The molecule has 2 aromatic rings. The summed E-state index contributed by atoms with van der Waals surface area (Å²) >= 11 is 5.84. The highest BCUT2D eigenvalue weighted by atomic mass is 35.5. The number of hydrogen-bond donors (Lipinski definition) is 1. The number of ether oxygens (including phenoxy) is 1. The van der Waals surface area contributed by atoms with Crippen molar-refractivity contribution in [1.29, 1.82) is 0 Å². The lowest BCUT2D eigenvalue weighted by molar-refractivity contribution is -0.154. The van der Waals surface area contributed by atoms with E-state index in [1.165, 1.54) is 12.4 Å². The fourth-order valence-corrected chi connectivity index (χ4v) is 3.58. The fourth-order valence-electron chi connectivity index (χ4n) is 3.40. The van der Waals surface area contributed by atoms with Gasteiger partial charge >= 0.3 is 6.16 Å². The summed E-state index contributed by atoms with van der Waals surface area (Å²) in [5.74, 6) is 1.08. The molecule has 3 rings (SSSR count). The Labute approximate surface area is 192 Å². The van der Waals surface area contributed by atoms with Crippen LogP contribution >= 0.6 is 11.6 Å². The van der Waals surface area contributed by atoms with Crippen LogP contribution in [-0.4, -0.2) is 53.5 Å². The number of nitrogens with zero attached hydrogens (tertiary/aromatic N) is 4. The van der Waals surface area contributed by atoms with Crippen LogP contribution in [0.1, 0.15) is 33.6 Å². The van der Waals surface area contributed by atoms with Gasteiger partial charge in [0.1, 0.15) is 23.6 Å². The van der Waals surface area contributed by atoms with Gasteiger partial charge in [-0.2, -0.15) is 0 Å². The number of aromatic nitrogens is 2. The van der Waals surface area contributed by atoms with E-state index in [1.807, 2.05) is 11.9 Å². The van der Waals surface area contributed by atoms with Gasteiger partial charge in [-0.05, 0) is 51.7 Å². The van der Waals surface area contributed by atoms with Crippen LogP contribution in [0, 0.1) is 11.7 Å². The Morgan fingerprint density at radius 1 is 1.31 bits per heavy atom. The largest absolute Gasteiger partial charge is 0.528 e. The monoisotopic (exact) mass is 465 g/mol. The fraction of sp³-hybridized carbons (Fsp3) is 0.500. The molecule has 1 saturated heterocycles. The lowest BCUT2D eigenvalue weighted by Crippen LogP contribution is -2.40. The first-order valence-corrected chi connectivity index (χ1v) is 10.9. The summed E-state index contributed by atoms with van der Waals surface area (Å²) in [6.07, 6.45) is 2.51. The van der Waals surface area contributed by atoms with Gasteiger partial charge in [0.15, 0.2) is 5.82 Å². The number of hydrogen-bond acceptors (Lipinski definition) is 8. The van der Waals surface area contributed by atoms with Crippen LogP contribution in [0.25, 0.3) is 0 Å². The molecule has 0 aliphatic carbocycles. The summed E-state index contributed by atoms with van der Waals surface area (Å²) in [6.45, 7) is 7.47. The molecule has 1 aromatic heterocycles. The summed E-state index contributed by atoms with van der Waals surface area (Å²) in [5.41, 5.74) is -0.329. The van der Waals surface area contributed by atoms with E-state index in [1.54, 1.807) is 44.0 Å². The maximum absolute atomic E-state index is 14.2. The van der Waals surface area contributed by atoms with Crippen molar-refractivity contribution in [2.75, 3.05) is 36.9 Å². The molecular formula is C22H29ClFN5O3. The highest BCUT2D eigenvalue weighted by Crippen LogP contribution is 2.26. The smallest absolute Gasteiger partial charge is 0.427 e. The zero-order valence-electron chi connectivity index (χ0n) is 18.8. The van der Waals surface area contributed by atoms with Gasteiger partial charge in [0, 0.05) is 32.7 Å². The molecule has 0 atom stereocenters. The number of anilines is 3. The summed E-state index contributed by atoms with van der Waals surface area (Å²) in [4.78, 5) is 27.7. The predicted molar refractivity (Wildman–Crippen MR) is 122 cm³/mol. The summed E-state index contributed by atoms with van der Waals surface area (Å²) in [5, 5.41) is 4.64. The Morgan fingerprint density at radius 2 is 2.03 bits per heavy atom. The van der Waals surface area contributed by atoms with Gasteiger partial charge in [-0.25, -0.2) is 19.2 Å². The van der Waals surface area contributed by atoms with Crippen LogP contribution in [0.5, 0.6) is 0 Å². The summed E-state index contributed by atoms with van der Waals surface area (Å²) in [6, 6.07) is 6.52. The zero-order valence-corrected chi connectivity index (χ0v) is 19.5. The average Bonchev–Trinajstić information content (AvgIpc) is 2.72. The number of benzene rings is 1. The molecule has 8 nitrogen and oxygen atoms in total. The highest BCUT2D eigenvalue weighted by Gasteiger charge is 2.26. The molecule has 0 bridgehead atoms. The lowest BCUT2D eigenvalue weighted by Gasteiger charge is -2.33. The lowest BCUT2D eigenvalue weighted by atomic mass is 9.97. The minimum absolute atomic E-state index is 0.0448. The van der Waals surface area contributed by atoms with Gasteiger partial charge in [-0.3, -0.25) is 0 Å². The number of hydroxylamine groups is 2. The first-order valence-electron chi connectivity index (χ1n) is 10.5. The third-order valence-electron chi connectivity index (χ3n) is 4.96. The maximum Gasteiger partial charge on any atom is 0.528 e. The van der Waals surface area contributed by atoms with Crippen molar-refractivity contribution in [3.63, 3.8) is 0 Å². The van der Waals surface area contributed by atoms with Crippen LogP contribution < -0.4 is 10.2 Å². The number of piperidine rings is 1. The standard InChI is InChI=1S/C22H29ClFN5O3/c1-22(2,3)31-21(30)32-29-10-8-15(9-11-29)13-28(4)19-12-18(25-14-26-19)27-17-7-5-6-16(23)20(17)24/h5-7,12,14-15H,8-11,13H2,1-4H3,(H,25,26,27). The molecule has 32 heavy (non-hydrogen) atoms. The van der Waals surface area contributed by atoms with Crippen LogP contribution in [0.2, 0.25) is 5.02 Å². The second kappa shape index (κ2) is 10.3. The van der Waals surface area contributed by atoms with E-state index in [4.69, 9.17) is 21.2 Å². The van der Waals surface area contributed by atoms with Gasteiger partial charge in [0.2, 0.25) is 0 Å². The molecule has 2 heterocycles. The first-order chi connectivity index (χ1) is 15.1. The SMILES string of the molecule is CN(CC1CCN(OC(=O)OC(C)(C)C)CC1)c1cc(Nc2cccc(Cl)c2F)ncn1. The molecular weight excluding hydrogens is 437 g/mol. The van der Waals surface area contributed by atoms with Gasteiger partial charge in [0.05, 0.1) is 10.7 Å². The van der Waals surface area contributed by atoms with E-state index in [-0.39, 0.29) is 10.7 Å². The molecule has 1 aliphatic heterocycles. The van der Waals surface area contributed by atoms with Gasteiger partial charge in [0.25, 0.3) is 0 Å². The van der Waals surface area contributed by atoms with E-state index in [0.29, 0.717) is 24.8 Å². The van der Waals surface area contributed by atoms with Crippen molar-refractivity contribution < 1.29 is 18.8 Å². The summed E-state index contributed by atoms with van der Waals surface area (Å²) < 4.78 is 19.4. The molecule has 174 valence electrons. The van der Waals surface area contributed by atoms with Crippen molar-refractivity contribution in [2.24, 2.45) is 5.92 Å². The van der Waals surface area contributed by atoms with E-state index in [9.17, 15) is 9.18 Å². The number of carbonyl (C=O) groups excluding carboxylic acids is 1. The molecule has 10 heteroatoms. The third-order valence-corrected chi connectivity index (χ3v) is 5.25. The minimum Gasteiger partial charge on any atom is -0.427 e. The number of rotatable bonds is 6. The Kier molecular flexibility index (Phi) is 7.73. The zero-order chi connectivity index (χ0) is 23.3. The Morgan fingerprint density at radius 3 is 2.72 bits per heavy atom. The Bertz CT molecular complexity index is 932. The molecule has 0 amide bonds. The molecule has 1 fully saturated rings. The summed E-state index contributed by atoms with van der Waals surface area (Å²) in [7, 11) is 1.95. The average molecular weight is 466 g/mol. The van der Waals surface area contributed by atoms with Crippen LogP contribution in [0.4, 0.5) is 26.5 Å². The van der Waals surface area contributed by atoms with Crippen molar-refractivity contribution in [3.8, 4) is 0 Å². The second-order valence-electron chi connectivity index (χ2n) is 8.80. The second-order valence-corrected chi connectivity index (χ2v) is 9.20. The van der Waals surface area contributed by atoms with Crippen LogP contribution in [-0.2, 0) is 9.57 Å². The molecule has 0 unspecified atom stereocenters. The molecule has 1 aromatic carbocycles. The van der Waals surface area contributed by atoms with Crippen molar-refractivity contribution >= 4 is 35.1 Å². The Balaban J connectivity index is 1.51. The van der Waals surface area contributed by atoms with Crippen molar-refractivity contribution in [2.45, 2.75) is 39.2 Å². The molecule has 1 N–H and O–H groups in total. The molecule has 1 aliphatic rings. The van der Waals surface area contributed by atoms with Crippen molar-refractivity contribution in [3.05, 3.63) is 41.4 Å². The van der Waals surface area contributed by atoms with Crippen LogP contribution in [0.15, 0.2) is 30.6 Å². The number of carbonyl (C=O) groups is 1. The van der Waals surface area contributed by atoms with E-state index in [2.05, 4.69) is 15.3 Å². The quantitative estimate of drug-likeness (QED) is 0.595. The van der Waals surface area contributed by atoms with Crippen molar-refractivity contribution in [1.82, 2.24) is 15.0 Å². The predicted octanol–water partition coefficient (Wildman–Crippen LogP) is 5.03. The minimum atomic E-state index is -0.676. The van der Waals surface area contributed by atoms with E-state index >= 15 is 0 Å². The maximum atomic E-state index is 14.2. The van der Waals surface area contributed by atoms with Gasteiger partial charge in [-0.15, -0.1) is 5.06 Å². The third kappa shape index (κ3) is 6.93. The first kappa shape index (κ1) is 24.0.